The fourth-order valence-electron chi connectivity index (χ4n) is 2.58. The Balaban J connectivity index is 1.72. The Kier molecular flexibility index (Phi) is 4.52. The summed E-state index contributed by atoms with van der Waals surface area (Å²) in [7, 11) is 0. The topological polar surface area (TPSA) is 46.6 Å². The molecule has 2 aromatic carbocycles. The first kappa shape index (κ1) is 15.0. The third kappa shape index (κ3) is 3.66. The van der Waals surface area contributed by atoms with Crippen molar-refractivity contribution in [3.05, 3.63) is 77.9 Å². The lowest BCUT2D eigenvalue weighted by molar-refractivity contribution is -0.124. The largest absolute Gasteiger partial charge is 0.447 e. The van der Waals surface area contributed by atoms with Crippen molar-refractivity contribution in [2.45, 2.75) is 12.5 Å². The molecular formula is C19H17NO3. The minimum atomic E-state index is -0.575. The second kappa shape index (κ2) is 6.92. The molecule has 3 rings (SSSR count). The number of amides is 2. The molecule has 1 aliphatic heterocycles. The van der Waals surface area contributed by atoms with Crippen LogP contribution in [0.3, 0.4) is 0 Å². The van der Waals surface area contributed by atoms with Crippen LogP contribution >= 0.6 is 0 Å². The van der Waals surface area contributed by atoms with E-state index in [2.05, 4.69) is 0 Å². The number of hydrogen-bond donors (Lipinski definition) is 0. The highest BCUT2D eigenvalue weighted by Gasteiger charge is 2.36. The molecule has 0 aromatic heterocycles. The first-order chi connectivity index (χ1) is 11.2. The van der Waals surface area contributed by atoms with E-state index < -0.39 is 6.09 Å². The summed E-state index contributed by atoms with van der Waals surface area (Å²) in [6, 6.07) is 19.0. The molecule has 0 aliphatic carbocycles. The van der Waals surface area contributed by atoms with Crippen molar-refractivity contribution < 1.29 is 14.3 Å². The van der Waals surface area contributed by atoms with Gasteiger partial charge in [0.1, 0.15) is 6.61 Å². The van der Waals surface area contributed by atoms with Crippen molar-refractivity contribution in [3.8, 4) is 0 Å². The molecule has 1 heterocycles. The lowest BCUT2D eigenvalue weighted by Gasteiger charge is -2.18. The third-order valence-electron chi connectivity index (χ3n) is 3.73. The van der Waals surface area contributed by atoms with Crippen LogP contribution in [0.5, 0.6) is 0 Å². The smallest absolute Gasteiger partial charge is 0.417 e. The number of ether oxygens (including phenoxy) is 1. The van der Waals surface area contributed by atoms with Gasteiger partial charge in [0.15, 0.2) is 0 Å². The fraction of sp³-hybridized carbons (Fsp3) is 0.158. The summed E-state index contributed by atoms with van der Waals surface area (Å²) in [6.45, 7) is 0.235. The number of carbonyl (C=O) groups is 2. The van der Waals surface area contributed by atoms with Crippen molar-refractivity contribution >= 4 is 18.1 Å². The van der Waals surface area contributed by atoms with E-state index in [4.69, 9.17) is 4.74 Å². The van der Waals surface area contributed by atoms with Crippen molar-refractivity contribution in [1.29, 1.82) is 0 Å². The van der Waals surface area contributed by atoms with Gasteiger partial charge >= 0.3 is 6.09 Å². The standard InChI is InChI=1S/C19H17NO3/c21-18(12-11-15-7-3-1-4-8-15)20-17(14-23-19(20)22)13-16-9-5-2-6-10-16/h1-12,17H,13-14H2/b12-11+. The summed E-state index contributed by atoms with van der Waals surface area (Å²) in [5.74, 6) is -0.350. The van der Waals surface area contributed by atoms with Crippen LogP contribution in [-0.2, 0) is 16.0 Å². The van der Waals surface area contributed by atoms with Crippen LogP contribution in [0.2, 0.25) is 0 Å². The summed E-state index contributed by atoms with van der Waals surface area (Å²) in [5, 5.41) is 0. The molecule has 0 N–H and O–H groups in total. The highest BCUT2D eigenvalue weighted by atomic mass is 16.6. The van der Waals surface area contributed by atoms with E-state index in [-0.39, 0.29) is 18.6 Å². The quantitative estimate of drug-likeness (QED) is 0.814. The normalized spacial score (nSPS) is 17.5. The lowest BCUT2D eigenvalue weighted by atomic mass is 10.1. The maximum Gasteiger partial charge on any atom is 0.417 e. The van der Waals surface area contributed by atoms with Crippen LogP contribution < -0.4 is 0 Å². The molecule has 1 aliphatic rings. The molecule has 2 aromatic rings. The van der Waals surface area contributed by atoms with Gasteiger partial charge in [0, 0.05) is 6.08 Å². The van der Waals surface area contributed by atoms with Gasteiger partial charge < -0.3 is 4.74 Å². The van der Waals surface area contributed by atoms with Gasteiger partial charge in [0.05, 0.1) is 6.04 Å². The van der Waals surface area contributed by atoms with Gasteiger partial charge in [0.2, 0.25) is 0 Å². The maximum atomic E-state index is 12.4. The first-order valence-electron chi connectivity index (χ1n) is 7.51. The number of cyclic esters (lactones) is 1. The number of hydrogen-bond acceptors (Lipinski definition) is 3. The molecule has 1 atom stereocenters. The molecular weight excluding hydrogens is 290 g/mol. The Hall–Kier alpha value is -2.88. The van der Waals surface area contributed by atoms with Crippen molar-refractivity contribution in [2.75, 3.05) is 6.61 Å². The van der Waals surface area contributed by atoms with Gasteiger partial charge in [-0.05, 0) is 23.6 Å². The SMILES string of the molecule is O=C(/C=C/c1ccccc1)N1C(=O)OCC1Cc1ccccc1. The molecule has 1 fully saturated rings. The highest BCUT2D eigenvalue weighted by Crippen LogP contribution is 2.18. The second-order valence-electron chi connectivity index (χ2n) is 5.37. The van der Waals surface area contributed by atoms with Gasteiger partial charge in [-0.3, -0.25) is 4.79 Å². The highest BCUT2D eigenvalue weighted by molar-refractivity contribution is 6.02. The summed E-state index contributed by atoms with van der Waals surface area (Å²) in [4.78, 5) is 25.4. The van der Waals surface area contributed by atoms with Crippen LogP contribution in [0.25, 0.3) is 6.08 Å². The second-order valence-corrected chi connectivity index (χ2v) is 5.37. The van der Waals surface area contributed by atoms with E-state index in [9.17, 15) is 9.59 Å². The molecule has 1 saturated heterocycles. The number of rotatable bonds is 4. The van der Waals surface area contributed by atoms with Crippen LogP contribution in [-0.4, -0.2) is 29.5 Å². The van der Waals surface area contributed by atoms with Gasteiger partial charge in [-0.25, -0.2) is 9.69 Å². The molecule has 4 nitrogen and oxygen atoms in total. The number of carbonyl (C=O) groups excluding carboxylic acids is 2. The lowest BCUT2D eigenvalue weighted by Crippen LogP contribution is -2.39. The summed E-state index contributed by atoms with van der Waals surface area (Å²) < 4.78 is 5.06. The molecule has 2 amide bonds. The minimum absolute atomic E-state index is 0.235. The molecule has 23 heavy (non-hydrogen) atoms. The molecule has 4 heteroatoms. The van der Waals surface area contributed by atoms with Crippen LogP contribution in [0, 0.1) is 0 Å². The van der Waals surface area contributed by atoms with Gasteiger partial charge in [-0.15, -0.1) is 0 Å². The van der Waals surface area contributed by atoms with Crippen LogP contribution in [0.4, 0.5) is 4.79 Å². The van der Waals surface area contributed by atoms with Gasteiger partial charge in [-0.1, -0.05) is 60.7 Å². The maximum absolute atomic E-state index is 12.4. The van der Waals surface area contributed by atoms with Crippen molar-refractivity contribution in [2.24, 2.45) is 0 Å². The number of benzene rings is 2. The Morgan fingerprint density at radius 3 is 2.43 bits per heavy atom. The van der Waals surface area contributed by atoms with E-state index >= 15 is 0 Å². The Bertz CT molecular complexity index is 710. The predicted octanol–water partition coefficient (Wildman–Crippen LogP) is 3.29. The van der Waals surface area contributed by atoms with E-state index in [1.165, 1.54) is 11.0 Å². The summed E-state index contributed by atoms with van der Waals surface area (Å²) in [6.07, 6.45) is 3.14. The van der Waals surface area contributed by atoms with Crippen LogP contribution in [0.1, 0.15) is 11.1 Å². The van der Waals surface area contributed by atoms with E-state index in [0.29, 0.717) is 6.42 Å². The first-order valence-corrected chi connectivity index (χ1v) is 7.51. The fourth-order valence-corrected chi connectivity index (χ4v) is 2.58. The number of imide groups is 1. The number of nitrogens with zero attached hydrogens (tertiary/aromatic N) is 1. The molecule has 1 unspecified atom stereocenters. The van der Waals surface area contributed by atoms with Gasteiger partial charge in [-0.2, -0.15) is 0 Å². The molecule has 0 saturated carbocycles. The van der Waals surface area contributed by atoms with E-state index in [1.54, 1.807) is 6.08 Å². The average molecular weight is 307 g/mol. The summed E-state index contributed by atoms with van der Waals surface area (Å²) >= 11 is 0. The zero-order valence-electron chi connectivity index (χ0n) is 12.6. The summed E-state index contributed by atoms with van der Waals surface area (Å²) in [5.41, 5.74) is 1.98. The van der Waals surface area contributed by atoms with Crippen molar-refractivity contribution in [3.63, 3.8) is 0 Å². The molecule has 0 bridgehead atoms. The monoisotopic (exact) mass is 307 g/mol. The zero-order valence-corrected chi connectivity index (χ0v) is 12.6. The Labute approximate surface area is 135 Å². The molecule has 0 spiro atoms. The van der Waals surface area contributed by atoms with E-state index in [0.717, 1.165) is 11.1 Å². The Morgan fingerprint density at radius 2 is 1.74 bits per heavy atom. The predicted molar refractivity (Wildman–Crippen MR) is 87.6 cm³/mol. The van der Waals surface area contributed by atoms with E-state index in [1.807, 2.05) is 60.7 Å². The molecule has 116 valence electrons. The Morgan fingerprint density at radius 1 is 1.09 bits per heavy atom. The van der Waals surface area contributed by atoms with Crippen LogP contribution in [0.15, 0.2) is 66.7 Å². The van der Waals surface area contributed by atoms with Gasteiger partial charge in [0.25, 0.3) is 5.91 Å². The average Bonchev–Trinajstić information content (AvgIpc) is 2.95. The molecule has 0 radical (unpaired) electrons. The third-order valence-corrected chi connectivity index (χ3v) is 3.73. The zero-order chi connectivity index (χ0) is 16.1. The van der Waals surface area contributed by atoms with Crippen molar-refractivity contribution in [1.82, 2.24) is 4.90 Å². The minimum Gasteiger partial charge on any atom is -0.447 e.